The molecular weight excluding hydrogens is 286 g/mol. The number of benzene rings is 1. The number of morpholine rings is 1. The molecule has 2 fully saturated rings. The number of aliphatic imine (C=N–C) groups is 1. The van der Waals surface area contributed by atoms with Gasteiger partial charge in [0.05, 0.1) is 13.2 Å². The van der Waals surface area contributed by atoms with Crippen molar-refractivity contribution in [1.82, 2.24) is 10.2 Å². The highest BCUT2D eigenvalue weighted by atomic mass is 16.5. The monoisotopic (exact) mass is 315 g/mol. The topological polar surface area (TPSA) is 36.9 Å². The molecule has 1 aliphatic carbocycles. The summed E-state index contributed by atoms with van der Waals surface area (Å²) in [7, 11) is 1.89. The van der Waals surface area contributed by atoms with Crippen molar-refractivity contribution in [1.29, 1.82) is 0 Å². The van der Waals surface area contributed by atoms with E-state index >= 15 is 0 Å². The van der Waals surface area contributed by atoms with Crippen molar-refractivity contribution in [2.75, 3.05) is 26.7 Å². The third kappa shape index (κ3) is 3.86. The Morgan fingerprint density at radius 3 is 2.96 bits per heavy atom. The molecule has 2 aliphatic rings. The summed E-state index contributed by atoms with van der Waals surface area (Å²) in [6.45, 7) is 6.95. The zero-order valence-corrected chi connectivity index (χ0v) is 14.6. The van der Waals surface area contributed by atoms with Gasteiger partial charge in [-0.2, -0.15) is 0 Å². The number of hydrogen-bond donors (Lipinski definition) is 1. The van der Waals surface area contributed by atoms with Crippen LogP contribution in [0.4, 0.5) is 0 Å². The Hall–Kier alpha value is -1.55. The van der Waals surface area contributed by atoms with Crippen molar-refractivity contribution in [2.24, 2.45) is 10.9 Å². The van der Waals surface area contributed by atoms with E-state index in [4.69, 9.17) is 4.74 Å². The minimum atomic E-state index is 0.133. The Bertz CT molecular complexity index is 557. The molecule has 0 amide bonds. The smallest absolute Gasteiger partial charge is 0.194 e. The highest BCUT2D eigenvalue weighted by molar-refractivity contribution is 5.80. The first kappa shape index (κ1) is 16.3. The number of nitrogens with one attached hydrogen (secondary N) is 1. The van der Waals surface area contributed by atoms with E-state index in [0.29, 0.717) is 6.04 Å². The zero-order chi connectivity index (χ0) is 16.2. The Morgan fingerprint density at radius 1 is 1.39 bits per heavy atom. The van der Waals surface area contributed by atoms with Gasteiger partial charge in [0.1, 0.15) is 6.10 Å². The van der Waals surface area contributed by atoms with E-state index in [2.05, 4.69) is 53.3 Å². The van der Waals surface area contributed by atoms with Crippen molar-refractivity contribution in [3.8, 4) is 0 Å². The molecule has 3 unspecified atom stereocenters. The van der Waals surface area contributed by atoms with Crippen molar-refractivity contribution in [3.63, 3.8) is 0 Å². The zero-order valence-electron chi connectivity index (χ0n) is 14.6. The predicted molar refractivity (Wildman–Crippen MR) is 94.7 cm³/mol. The molecule has 1 aromatic rings. The molecule has 1 saturated heterocycles. The lowest BCUT2D eigenvalue weighted by molar-refractivity contribution is -0.00836. The highest BCUT2D eigenvalue weighted by Crippen LogP contribution is 2.35. The second kappa shape index (κ2) is 7.35. The Labute approximate surface area is 139 Å². The molecular formula is C19H29N3O. The largest absolute Gasteiger partial charge is 0.370 e. The molecule has 1 N–H and O–H groups in total. The van der Waals surface area contributed by atoms with Gasteiger partial charge in [-0.1, -0.05) is 37.6 Å². The summed E-state index contributed by atoms with van der Waals surface area (Å²) >= 11 is 0. The van der Waals surface area contributed by atoms with Gasteiger partial charge in [-0.3, -0.25) is 4.99 Å². The van der Waals surface area contributed by atoms with Gasteiger partial charge in [0.2, 0.25) is 0 Å². The van der Waals surface area contributed by atoms with E-state index < -0.39 is 0 Å². The molecule has 0 spiro atoms. The Balaban J connectivity index is 1.62. The van der Waals surface area contributed by atoms with Gasteiger partial charge >= 0.3 is 0 Å². The molecule has 0 radical (unpaired) electrons. The van der Waals surface area contributed by atoms with Crippen molar-refractivity contribution in [3.05, 3.63) is 35.4 Å². The summed E-state index contributed by atoms with van der Waals surface area (Å²) < 4.78 is 6.03. The molecule has 1 heterocycles. The van der Waals surface area contributed by atoms with E-state index in [-0.39, 0.29) is 6.10 Å². The summed E-state index contributed by atoms with van der Waals surface area (Å²) in [6, 6.07) is 9.13. The first-order valence-electron chi connectivity index (χ1n) is 8.88. The maximum Gasteiger partial charge on any atom is 0.194 e. The third-order valence-electron chi connectivity index (χ3n) is 5.01. The van der Waals surface area contributed by atoms with Crippen molar-refractivity contribution in [2.45, 2.75) is 45.3 Å². The van der Waals surface area contributed by atoms with Crippen LogP contribution in [-0.2, 0) is 4.74 Å². The van der Waals surface area contributed by atoms with Crippen LogP contribution in [0.5, 0.6) is 0 Å². The second-order valence-corrected chi connectivity index (χ2v) is 6.74. The number of rotatable bonds is 4. The van der Waals surface area contributed by atoms with Gasteiger partial charge in [0, 0.05) is 19.6 Å². The molecule has 3 atom stereocenters. The second-order valence-electron chi connectivity index (χ2n) is 6.74. The lowest BCUT2D eigenvalue weighted by atomic mass is 10.0. The standard InChI is InChI=1S/C19H29N3O/c1-4-7-15-12-17(15)21-19(20-3)22-10-11-23-18(13-22)16-9-6-5-8-14(16)2/h5-6,8-9,15,17-18H,4,7,10-13H2,1-3H3,(H,20,21). The summed E-state index contributed by atoms with van der Waals surface area (Å²) in [4.78, 5) is 6.86. The van der Waals surface area contributed by atoms with Crippen LogP contribution in [0.25, 0.3) is 0 Å². The molecule has 0 bridgehead atoms. The summed E-state index contributed by atoms with van der Waals surface area (Å²) in [5.41, 5.74) is 2.59. The molecule has 4 heteroatoms. The van der Waals surface area contributed by atoms with Crippen LogP contribution in [0.3, 0.4) is 0 Å². The molecule has 126 valence electrons. The minimum Gasteiger partial charge on any atom is -0.370 e. The van der Waals surface area contributed by atoms with Crippen LogP contribution in [0.2, 0.25) is 0 Å². The molecule has 23 heavy (non-hydrogen) atoms. The maximum atomic E-state index is 6.03. The van der Waals surface area contributed by atoms with Crippen LogP contribution < -0.4 is 5.32 Å². The van der Waals surface area contributed by atoms with Crippen molar-refractivity contribution < 1.29 is 4.74 Å². The van der Waals surface area contributed by atoms with Gasteiger partial charge in [0.15, 0.2) is 5.96 Å². The molecule has 1 aliphatic heterocycles. The molecule has 4 nitrogen and oxygen atoms in total. The van der Waals surface area contributed by atoms with Crippen molar-refractivity contribution >= 4 is 5.96 Å². The average Bonchev–Trinajstić information content (AvgIpc) is 3.31. The number of hydrogen-bond acceptors (Lipinski definition) is 2. The van der Waals surface area contributed by atoms with E-state index in [1.54, 1.807) is 0 Å². The number of nitrogens with zero attached hydrogens (tertiary/aromatic N) is 2. The predicted octanol–water partition coefficient (Wildman–Crippen LogP) is 3.13. The van der Waals surface area contributed by atoms with Crippen LogP contribution in [0, 0.1) is 12.8 Å². The van der Waals surface area contributed by atoms with E-state index in [1.165, 1.54) is 30.4 Å². The average molecular weight is 315 g/mol. The third-order valence-corrected chi connectivity index (χ3v) is 5.01. The summed E-state index contributed by atoms with van der Waals surface area (Å²) in [5.74, 6) is 1.88. The summed E-state index contributed by atoms with van der Waals surface area (Å²) in [6.07, 6.45) is 4.02. The fourth-order valence-electron chi connectivity index (χ4n) is 3.56. The number of aryl methyl sites for hydroxylation is 1. The Kier molecular flexibility index (Phi) is 5.21. The highest BCUT2D eigenvalue weighted by Gasteiger charge is 2.38. The first-order valence-corrected chi connectivity index (χ1v) is 8.88. The van der Waals surface area contributed by atoms with Gasteiger partial charge in [-0.05, 0) is 36.8 Å². The van der Waals surface area contributed by atoms with E-state index in [0.717, 1.165) is 31.6 Å². The first-order chi connectivity index (χ1) is 11.2. The van der Waals surface area contributed by atoms with Gasteiger partial charge in [-0.15, -0.1) is 0 Å². The molecule has 1 aromatic carbocycles. The van der Waals surface area contributed by atoms with Crippen LogP contribution in [-0.4, -0.2) is 43.6 Å². The van der Waals surface area contributed by atoms with E-state index in [1.807, 2.05) is 7.05 Å². The summed E-state index contributed by atoms with van der Waals surface area (Å²) in [5, 5.41) is 3.65. The number of ether oxygens (including phenoxy) is 1. The van der Waals surface area contributed by atoms with Crippen LogP contribution in [0.1, 0.15) is 43.4 Å². The lowest BCUT2D eigenvalue weighted by Crippen LogP contribution is -2.49. The normalized spacial score (nSPS) is 27.9. The molecule has 3 rings (SSSR count). The van der Waals surface area contributed by atoms with E-state index in [9.17, 15) is 0 Å². The minimum absolute atomic E-state index is 0.133. The maximum absolute atomic E-state index is 6.03. The van der Waals surface area contributed by atoms with Crippen LogP contribution >= 0.6 is 0 Å². The molecule has 0 aromatic heterocycles. The van der Waals surface area contributed by atoms with Gasteiger partial charge < -0.3 is 15.0 Å². The lowest BCUT2D eigenvalue weighted by Gasteiger charge is -2.36. The quantitative estimate of drug-likeness (QED) is 0.685. The van der Waals surface area contributed by atoms with Crippen LogP contribution in [0.15, 0.2) is 29.3 Å². The number of guanidine groups is 1. The SMILES string of the molecule is CCCC1CC1NC(=NC)N1CCOC(c2ccccc2C)C1. The Morgan fingerprint density at radius 2 is 2.22 bits per heavy atom. The van der Waals surface area contributed by atoms with Gasteiger partial charge in [0.25, 0.3) is 0 Å². The fraction of sp³-hybridized carbons (Fsp3) is 0.632. The van der Waals surface area contributed by atoms with Gasteiger partial charge in [-0.25, -0.2) is 0 Å². The fourth-order valence-corrected chi connectivity index (χ4v) is 3.56. The molecule has 1 saturated carbocycles.